The van der Waals surface area contributed by atoms with Crippen LogP contribution in [0.15, 0.2) is 54.1 Å². The van der Waals surface area contributed by atoms with E-state index in [9.17, 15) is 4.79 Å². The molecule has 0 heterocycles. The summed E-state index contributed by atoms with van der Waals surface area (Å²) in [5.41, 5.74) is 1.44. The molecular formula is C16H10ClIN2O. The van der Waals surface area contributed by atoms with E-state index in [1.165, 1.54) is 6.08 Å². The molecular weight excluding hydrogens is 399 g/mol. The molecule has 1 N–H and O–H groups in total. The quantitative estimate of drug-likeness (QED) is 0.462. The Balaban J connectivity index is 2.19. The predicted octanol–water partition coefficient (Wildman–Crippen LogP) is 4.49. The Morgan fingerprint density at radius 3 is 2.57 bits per heavy atom. The van der Waals surface area contributed by atoms with Gasteiger partial charge in [-0.1, -0.05) is 29.8 Å². The van der Waals surface area contributed by atoms with Crippen molar-refractivity contribution in [2.75, 3.05) is 5.32 Å². The lowest BCUT2D eigenvalue weighted by atomic mass is 10.1. The molecule has 1 amide bonds. The van der Waals surface area contributed by atoms with Crippen LogP contribution in [0.5, 0.6) is 0 Å². The Hall–Kier alpha value is -1.84. The molecule has 0 radical (unpaired) electrons. The summed E-state index contributed by atoms with van der Waals surface area (Å²) in [4.78, 5) is 12.1. The zero-order chi connectivity index (χ0) is 15.2. The molecule has 104 valence electrons. The molecule has 0 aromatic heterocycles. The standard InChI is InChI=1S/C16H10ClIN2O/c17-13-6-4-11(5-7-13)8-12(10-19)16(21)20-15-3-1-2-14(18)9-15/h1-9H,(H,20,21)/b12-8+. The van der Waals surface area contributed by atoms with Crippen molar-refractivity contribution in [3.63, 3.8) is 0 Å². The van der Waals surface area contributed by atoms with Crippen molar-refractivity contribution in [3.05, 3.63) is 68.3 Å². The minimum atomic E-state index is -0.436. The highest BCUT2D eigenvalue weighted by Crippen LogP contribution is 2.15. The fraction of sp³-hybridized carbons (Fsp3) is 0. The Morgan fingerprint density at radius 1 is 1.24 bits per heavy atom. The highest BCUT2D eigenvalue weighted by atomic mass is 127. The molecule has 2 aromatic rings. The van der Waals surface area contributed by atoms with Crippen molar-refractivity contribution in [1.82, 2.24) is 0 Å². The van der Waals surface area contributed by atoms with Crippen molar-refractivity contribution >= 4 is 51.9 Å². The SMILES string of the molecule is N#C/C(=C\c1ccc(Cl)cc1)C(=O)Nc1cccc(I)c1. The number of carbonyl (C=O) groups is 1. The second-order valence-electron chi connectivity index (χ2n) is 4.19. The third-order valence-electron chi connectivity index (χ3n) is 2.63. The third-order valence-corrected chi connectivity index (χ3v) is 3.55. The first-order valence-corrected chi connectivity index (χ1v) is 7.48. The molecule has 0 aliphatic heterocycles. The van der Waals surface area contributed by atoms with Crippen molar-refractivity contribution in [3.8, 4) is 6.07 Å². The van der Waals surface area contributed by atoms with Gasteiger partial charge >= 0.3 is 0 Å². The largest absolute Gasteiger partial charge is 0.321 e. The average Bonchev–Trinajstić information content (AvgIpc) is 2.46. The van der Waals surface area contributed by atoms with Gasteiger partial charge in [-0.3, -0.25) is 4.79 Å². The number of carbonyl (C=O) groups excluding carboxylic acids is 1. The van der Waals surface area contributed by atoms with Gasteiger partial charge in [-0.2, -0.15) is 5.26 Å². The zero-order valence-electron chi connectivity index (χ0n) is 10.8. The Bertz CT molecular complexity index is 733. The van der Waals surface area contributed by atoms with Gasteiger partial charge in [-0.25, -0.2) is 0 Å². The minimum Gasteiger partial charge on any atom is -0.321 e. The first kappa shape index (κ1) is 15.5. The van der Waals surface area contributed by atoms with Crippen LogP contribution in [0.4, 0.5) is 5.69 Å². The van der Waals surface area contributed by atoms with Gasteiger partial charge in [-0.15, -0.1) is 0 Å². The Morgan fingerprint density at radius 2 is 1.95 bits per heavy atom. The van der Waals surface area contributed by atoms with Crippen LogP contribution in [0, 0.1) is 14.9 Å². The summed E-state index contributed by atoms with van der Waals surface area (Å²) in [6, 6.07) is 16.2. The van der Waals surface area contributed by atoms with Crippen LogP contribution in [-0.2, 0) is 4.79 Å². The number of halogens is 2. The van der Waals surface area contributed by atoms with Crippen LogP contribution in [0.1, 0.15) is 5.56 Å². The minimum absolute atomic E-state index is 0.0381. The molecule has 0 fully saturated rings. The molecule has 2 rings (SSSR count). The van der Waals surface area contributed by atoms with E-state index < -0.39 is 5.91 Å². The summed E-state index contributed by atoms with van der Waals surface area (Å²) >= 11 is 7.96. The van der Waals surface area contributed by atoms with Gasteiger partial charge in [0, 0.05) is 14.3 Å². The van der Waals surface area contributed by atoms with Crippen LogP contribution in [-0.4, -0.2) is 5.91 Å². The molecule has 0 saturated heterocycles. The molecule has 0 bridgehead atoms. The lowest BCUT2D eigenvalue weighted by Gasteiger charge is -2.04. The highest BCUT2D eigenvalue weighted by Gasteiger charge is 2.09. The highest BCUT2D eigenvalue weighted by molar-refractivity contribution is 14.1. The van der Waals surface area contributed by atoms with Crippen molar-refractivity contribution in [2.24, 2.45) is 0 Å². The van der Waals surface area contributed by atoms with Gasteiger partial charge in [0.1, 0.15) is 11.6 Å². The van der Waals surface area contributed by atoms with Gasteiger partial charge < -0.3 is 5.32 Å². The Labute approximate surface area is 141 Å². The molecule has 0 atom stereocenters. The molecule has 5 heteroatoms. The molecule has 3 nitrogen and oxygen atoms in total. The summed E-state index contributed by atoms with van der Waals surface area (Å²) in [6.07, 6.45) is 1.53. The van der Waals surface area contributed by atoms with Crippen LogP contribution in [0.2, 0.25) is 5.02 Å². The van der Waals surface area contributed by atoms with Gasteiger partial charge in [0.05, 0.1) is 0 Å². The molecule has 0 aliphatic carbocycles. The number of hydrogen-bond acceptors (Lipinski definition) is 2. The van der Waals surface area contributed by atoms with Gasteiger partial charge in [-0.05, 0) is 64.6 Å². The summed E-state index contributed by atoms with van der Waals surface area (Å²) in [6.45, 7) is 0. The number of rotatable bonds is 3. The first-order chi connectivity index (χ1) is 10.1. The molecule has 0 aliphatic rings. The first-order valence-electron chi connectivity index (χ1n) is 6.03. The Kier molecular flexibility index (Phi) is 5.37. The summed E-state index contributed by atoms with van der Waals surface area (Å²) in [7, 11) is 0. The van der Waals surface area contributed by atoms with Crippen LogP contribution in [0.3, 0.4) is 0 Å². The van der Waals surface area contributed by atoms with Crippen molar-refractivity contribution < 1.29 is 4.79 Å². The maximum atomic E-state index is 12.1. The lowest BCUT2D eigenvalue weighted by Crippen LogP contribution is -2.13. The van der Waals surface area contributed by atoms with Crippen LogP contribution < -0.4 is 5.32 Å². The number of amides is 1. The maximum Gasteiger partial charge on any atom is 0.266 e. The van der Waals surface area contributed by atoms with Gasteiger partial charge in [0.2, 0.25) is 0 Å². The van der Waals surface area contributed by atoms with E-state index in [2.05, 4.69) is 27.9 Å². The van der Waals surface area contributed by atoms with E-state index in [-0.39, 0.29) is 5.57 Å². The number of anilines is 1. The summed E-state index contributed by atoms with van der Waals surface area (Å²) in [5.74, 6) is -0.436. The molecule has 21 heavy (non-hydrogen) atoms. The number of nitrogens with zero attached hydrogens (tertiary/aromatic N) is 1. The normalized spacial score (nSPS) is 10.8. The number of hydrogen-bond donors (Lipinski definition) is 1. The van der Waals surface area contributed by atoms with Gasteiger partial charge in [0.15, 0.2) is 0 Å². The molecule has 0 unspecified atom stereocenters. The smallest absolute Gasteiger partial charge is 0.266 e. The fourth-order valence-corrected chi connectivity index (χ4v) is 2.31. The van der Waals surface area contributed by atoms with Crippen molar-refractivity contribution in [2.45, 2.75) is 0 Å². The van der Waals surface area contributed by atoms with E-state index in [0.29, 0.717) is 10.7 Å². The third kappa shape index (κ3) is 4.59. The van der Waals surface area contributed by atoms with Crippen LogP contribution >= 0.6 is 34.2 Å². The molecule has 0 saturated carbocycles. The number of benzene rings is 2. The monoisotopic (exact) mass is 408 g/mol. The summed E-state index contributed by atoms with van der Waals surface area (Å²) < 4.78 is 1.01. The van der Waals surface area contributed by atoms with E-state index in [1.54, 1.807) is 30.3 Å². The van der Waals surface area contributed by atoms with E-state index in [1.807, 2.05) is 24.3 Å². The predicted molar refractivity (Wildman–Crippen MR) is 92.8 cm³/mol. The van der Waals surface area contributed by atoms with E-state index in [0.717, 1.165) is 9.13 Å². The molecule has 2 aromatic carbocycles. The maximum absolute atomic E-state index is 12.1. The lowest BCUT2D eigenvalue weighted by molar-refractivity contribution is -0.112. The second kappa shape index (κ2) is 7.25. The summed E-state index contributed by atoms with van der Waals surface area (Å²) in [5, 5.41) is 12.4. The van der Waals surface area contributed by atoms with E-state index >= 15 is 0 Å². The van der Waals surface area contributed by atoms with Crippen molar-refractivity contribution in [1.29, 1.82) is 5.26 Å². The zero-order valence-corrected chi connectivity index (χ0v) is 13.7. The van der Waals surface area contributed by atoms with Crippen LogP contribution in [0.25, 0.3) is 6.08 Å². The van der Waals surface area contributed by atoms with E-state index in [4.69, 9.17) is 16.9 Å². The second-order valence-corrected chi connectivity index (χ2v) is 5.87. The van der Waals surface area contributed by atoms with Gasteiger partial charge in [0.25, 0.3) is 5.91 Å². The topological polar surface area (TPSA) is 52.9 Å². The number of nitriles is 1. The average molecular weight is 409 g/mol. The fourth-order valence-electron chi connectivity index (χ4n) is 1.64. The molecule has 0 spiro atoms. The number of nitrogens with one attached hydrogen (secondary N) is 1.